The minimum atomic E-state index is 0.301. The van der Waals surface area contributed by atoms with Gasteiger partial charge in [-0.2, -0.15) is 5.10 Å². The Hall–Kier alpha value is -1.94. The van der Waals surface area contributed by atoms with E-state index in [1.807, 2.05) is 19.2 Å². The van der Waals surface area contributed by atoms with Crippen molar-refractivity contribution < 1.29 is 4.79 Å². The van der Waals surface area contributed by atoms with E-state index in [9.17, 15) is 4.79 Å². The van der Waals surface area contributed by atoms with Crippen LogP contribution in [0.15, 0.2) is 18.2 Å². The third-order valence-electron chi connectivity index (χ3n) is 5.42. The molecular formula is C19H25N3O. The molecule has 2 N–H and O–H groups in total. The largest absolute Gasteiger partial charge is 0.316 e. The number of carbonyl (C=O) groups is 1. The van der Waals surface area contributed by atoms with Gasteiger partial charge in [-0.1, -0.05) is 32.9 Å². The highest BCUT2D eigenvalue weighted by molar-refractivity contribution is 5.80. The molecule has 0 aliphatic heterocycles. The van der Waals surface area contributed by atoms with Crippen molar-refractivity contribution in [3.63, 3.8) is 0 Å². The summed E-state index contributed by atoms with van der Waals surface area (Å²) in [6, 6.07) is 5.98. The summed E-state index contributed by atoms with van der Waals surface area (Å²) in [7, 11) is 1.89. The number of H-pyrrole nitrogens is 1. The molecule has 1 atom stereocenters. The summed E-state index contributed by atoms with van der Waals surface area (Å²) < 4.78 is 0. The van der Waals surface area contributed by atoms with Gasteiger partial charge in [0, 0.05) is 28.9 Å². The fraction of sp³-hybridized carbons (Fsp3) is 0.474. The summed E-state index contributed by atoms with van der Waals surface area (Å²) in [6.45, 7) is 7.63. The predicted molar refractivity (Wildman–Crippen MR) is 92.5 cm³/mol. The van der Waals surface area contributed by atoms with E-state index in [2.05, 4.69) is 42.4 Å². The zero-order valence-electron chi connectivity index (χ0n) is 14.4. The Labute approximate surface area is 137 Å². The average molecular weight is 311 g/mol. The Bertz CT molecular complexity index is 732. The predicted octanol–water partition coefficient (Wildman–Crippen LogP) is 3.37. The van der Waals surface area contributed by atoms with Gasteiger partial charge in [0.05, 0.1) is 5.69 Å². The van der Waals surface area contributed by atoms with Crippen molar-refractivity contribution >= 4 is 6.29 Å². The molecule has 0 spiro atoms. The highest BCUT2D eigenvalue weighted by atomic mass is 16.1. The molecule has 2 aromatic rings. The van der Waals surface area contributed by atoms with E-state index in [0.29, 0.717) is 17.9 Å². The molecule has 3 rings (SSSR count). The molecule has 4 nitrogen and oxygen atoms in total. The highest BCUT2D eigenvalue weighted by Crippen LogP contribution is 2.44. The second-order valence-corrected chi connectivity index (χ2v) is 7.25. The second kappa shape index (κ2) is 5.93. The summed E-state index contributed by atoms with van der Waals surface area (Å²) in [4.78, 5) is 11.2. The Morgan fingerprint density at radius 3 is 2.83 bits per heavy atom. The molecule has 0 radical (unpaired) electrons. The smallest absolute Gasteiger partial charge is 0.150 e. The maximum atomic E-state index is 11.2. The van der Waals surface area contributed by atoms with Crippen molar-refractivity contribution in [2.24, 2.45) is 11.3 Å². The van der Waals surface area contributed by atoms with Gasteiger partial charge in [-0.3, -0.25) is 9.89 Å². The van der Waals surface area contributed by atoms with Crippen molar-refractivity contribution in [1.29, 1.82) is 0 Å². The number of hydrogen-bond donors (Lipinski definition) is 2. The molecule has 1 heterocycles. The molecule has 23 heavy (non-hydrogen) atoms. The van der Waals surface area contributed by atoms with Crippen LogP contribution in [0.25, 0.3) is 11.3 Å². The van der Waals surface area contributed by atoms with Crippen LogP contribution in [-0.2, 0) is 19.4 Å². The lowest BCUT2D eigenvalue weighted by atomic mass is 9.76. The maximum absolute atomic E-state index is 11.2. The number of rotatable bonds is 5. The Balaban J connectivity index is 2.00. The van der Waals surface area contributed by atoms with Gasteiger partial charge in [-0.05, 0) is 42.9 Å². The van der Waals surface area contributed by atoms with Crippen LogP contribution in [0.3, 0.4) is 0 Å². The van der Waals surface area contributed by atoms with E-state index in [4.69, 9.17) is 0 Å². The van der Waals surface area contributed by atoms with Crippen LogP contribution in [0.4, 0.5) is 0 Å². The van der Waals surface area contributed by atoms with Crippen LogP contribution in [0.2, 0.25) is 0 Å². The summed E-state index contributed by atoms with van der Waals surface area (Å²) in [6.07, 6.45) is 3.03. The minimum absolute atomic E-state index is 0.301. The second-order valence-electron chi connectivity index (χ2n) is 7.25. The first-order valence-electron chi connectivity index (χ1n) is 8.27. The number of aromatic nitrogens is 2. The zero-order valence-corrected chi connectivity index (χ0v) is 14.4. The molecule has 1 aromatic carbocycles. The van der Waals surface area contributed by atoms with Crippen LogP contribution in [-0.4, -0.2) is 23.5 Å². The SMILES string of the molecule is CNCc1cc(-c2n[nH]c3c2CC(C)(C(C)C)C3)ccc1C=O. The molecule has 1 aliphatic carbocycles. The topological polar surface area (TPSA) is 57.8 Å². The highest BCUT2D eigenvalue weighted by Gasteiger charge is 2.38. The van der Waals surface area contributed by atoms with Crippen molar-refractivity contribution in [2.75, 3.05) is 7.05 Å². The Morgan fingerprint density at radius 2 is 2.17 bits per heavy atom. The number of nitrogens with zero attached hydrogens (tertiary/aromatic N) is 1. The first-order chi connectivity index (χ1) is 11.0. The Kier molecular flexibility index (Phi) is 4.11. The van der Waals surface area contributed by atoms with Gasteiger partial charge < -0.3 is 5.32 Å². The van der Waals surface area contributed by atoms with Gasteiger partial charge in [0.2, 0.25) is 0 Å². The summed E-state index contributed by atoms with van der Waals surface area (Å²) in [5, 5.41) is 10.9. The van der Waals surface area contributed by atoms with E-state index in [-0.39, 0.29) is 0 Å². The van der Waals surface area contributed by atoms with Crippen LogP contribution < -0.4 is 5.32 Å². The normalized spacial score (nSPS) is 20.0. The molecule has 122 valence electrons. The first kappa shape index (κ1) is 15.9. The number of benzene rings is 1. The van der Waals surface area contributed by atoms with Crippen LogP contribution in [0.1, 0.15) is 48.0 Å². The van der Waals surface area contributed by atoms with Crippen molar-refractivity contribution in [3.05, 3.63) is 40.6 Å². The maximum Gasteiger partial charge on any atom is 0.150 e. The number of hydrogen-bond acceptors (Lipinski definition) is 3. The fourth-order valence-electron chi connectivity index (χ4n) is 3.47. The van der Waals surface area contributed by atoms with Crippen LogP contribution in [0, 0.1) is 11.3 Å². The number of carbonyl (C=O) groups excluding carboxylic acids is 1. The molecule has 1 aromatic heterocycles. The van der Waals surface area contributed by atoms with Crippen LogP contribution >= 0.6 is 0 Å². The van der Waals surface area contributed by atoms with Crippen LogP contribution in [0.5, 0.6) is 0 Å². The molecular weight excluding hydrogens is 286 g/mol. The van der Waals surface area contributed by atoms with Gasteiger partial charge >= 0.3 is 0 Å². The van der Waals surface area contributed by atoms with Gasteiger partial charge in [0.25, 0.3) is 0 Å². The van der Waals surface area contributed by atoms with E-state index in [1.165, 1.54) is 11.3 Å². The third kappa shape index (κ3) is 2.72. The molecule has 1 aliphatic rings. The molecule has 4 heteroatoms. The van der Waals surface area contributed by atoms with Gasteiger partial charge in [0.1, 0.15) is 6.29 Å². The molecule has 0 fully saturated rings. The van der Waals surface area contributed by atoms with E-state index in [0.717, 1.165) is 41.5 Å². The number of fused-ring (bicyclic) bond motifs is 1. The van der Waals surface area contributed by atoms with Gasteiger partial charge in [0.15, 0.2) is 0 Å². The standard InChI is InChI=1S/C19H25N3O/c1-12(2)19(3)8-16-17(9-19)21-22-18(16)13-5-6-14(11-23)15(7-13)10-20-4/h5-7,11-12,20H,8-10H2,1-4H3,(H,21,22). The summed E-state index contributed by atoms with van der Waals surface area (Å²) in [5.41, 5.74) is 6.80. The molecule has 0 saturated carbocycles. The Morgan fingerprint density at radius 1 is 1.39 bits per heavy atom. The molecule has 1 unspecified atom stereocenters. The van der Waals surface area contributed by atoms with Gasteiger partial charge in [-0.25, -0.2) is 0 Å². The van der Waals surface area contributed by atoms with Crippen molar-refractivity contribution in [1.82, 2.24) is 15.5 Å². The van der Waals surface area contributed by atoms with Crippen molar-refractivity contribution in [2.45, 2.75) is 40.2 Å². The molecule has 0 bridgehead atoms. The lowest BCUT2D eigenvalue weighted by molar-refractivity contribution is 0.112. The van der Waals surface area contributed by atoms with Gasteiger partial charge in [-0.15, -0.1) is 0 Å². The first-order valence-corrected chi connectivity index (χ1v) is 8.27. The fourth-order valence-corrected chi connectivity index (χ4v) is 3.47. The van der Waals surface area contributed by atoms with Crippen molar-refractivity contribution in [3.8, 4) is 11.3 Å². The molecule has 0 amide bonds. The number of nitrogens with one attached hydrogen (secondary N) is 2. The number of aldehydes is 1. The quantitative estimate of drug-likeness (QED) is 0.832. The zero-order chi connectivity index (χ0) is 16.6. The monoisotopic (exact) mass is 311 g/mol. The lowest BCUT2D eigenvalue weighted by Crippen LogP contribution is -2.24. The minimum Gasteiger partial charge on any atom is -0.316 e. The summed E-state index contributed by atoms with van der Waals surface area (Å²) in [5.74, 6) is 0.633. The average Bonchev–Trinajstić information content (AvgIpc) is 3.05. The number of aromatic amines is 1. The van der Waals surface area contributed by atoms with E-state index < -0.39 is 0 Å². The third-order valence-corrected chi connectivity index (χ3v) is 5.42. The van der Waals surface area contributed by atoms with E-state index >= 15 is 0 Å². The van der Waals surface area contributed by atoms with E-state index in [1.54, 1.807) is 0 Å². The molecule has 0 saturated heterocycles. The summed E-state index contributed by atoms with van der Waals surface area (Å²) >= 11 is 0. The lowest BCUT2D eigenvalue weighted by Gasteiger charge is -2.28.